The average Bonchev–Trinajstić information content (AvgIpc) is 3.36. The second-order valence-corrected chi connectivity index (χ2v) is 25.0. The first-order valence-electron chi connectivity index (χ1n) is 17.0. The molecule has 5 rings (SSSR count). The van der Waals surface area contributed by atoms with Crippen LogP contribution < -0.4 is 9.47 Å². The Balaban J connectivity index is 1.50. The molecule has 0 unspecified atom stereocenters. The maximum atomic E-state index is 13.8. The van der Waals surface area contributed by atoms with Gasteiger partial charge in [-0.05, 0) is 0 Å². The third-order valence-electron chi connectivity index (χ3n) is 9.13. The molecule has 11 heteroatoms. The fourth-order valence-corrected chi connectivity index (χ4v) is 20.2. The Bertz CT molecular complexity index is 1440. The molecule has 0 N–H and O–H groups in total. The molecule has 258 valence electrons. The molecule has 48 heavy (non-hydrogen) atoms. The summed E-state index contributed by atoms with van der Waals surface area (Å²) < 4.78 is 36.1. The zero-order chi connectivity index (χ0) is 34.5. The van der Waals surface area contributed by atoms with Crippen LogP contribution in [0.4, 0.5) is 11.4 Å². The van der Waals surface area contributed by atoms with Crippen molar-refractivity contribution < 1.29 is 27.2 Å². The maximum absolute atomic E-state index is 13.8. The first-order valence-corrected chi connectivity index (χ1v) is 22.8. The Labute approximate surface area is 294 Å². The van der Waals surface area contributed by atoms with E-state index in [2.05, 4.69) is 72.6 Å². The van der Waals surface area contributed by atoms with E-state index < -0.39 is 41.4 Å². The summed E-state index contributed by atoms with van der Waals surface area (Å²) in [6.45, 7) is 17.9. The summed E-state index contributed by atoms with van der Waals surface area (Å²) in [4.78, 5) is 13.8. The van der Waals surface area contributed by atoms with Gasteiger partial charge in [0.1, 0.15) is 0 Å². The zero-order valence-electron chi connectivity index (χ0n) is 29.3. The van der Waals surface area contributed by atoms with Gasteiger partial charge in [0.25, 0.3) is 0 Å². The standard InChI is InChI=1S/C37H50N2O6SeSi2/c1-26(2)47(27(3)4)41-25-33-35(44-48(45-47,28(5)6)29(7)8)36(37(42-33)46-32-22-16-11-17-23-32)43-34(40)24-38-39(30-18-12-9-13-19-30)31-20-14-10-15-21-31/h9-24,26-29,33,35-37H,25H2,1-8H3/b38-24+/t33-,35-,36-,37+/m1/s1. The van der Waals surface area contributed by atoms with Gasteiger partial charge in [-0.15, -0.1) is 0 Å². The van der Waals surface area contributed by atoms with E-state index in [0.29, 0.717) is 6.61 Å². The number of hydrogen-bond acceptors (Lipinski definition) is 8. The van der Waals surface area contributed by atoms with Crippen LogP contribution in [0, 0.1) is 0 Å². The third-order valence-corrected chi connectivity index (χ3v) is 21.8. The fourth-order valence-electron chi connectivity index (χ4n) is 6.65. The minimum absolute atomic E-state index is 0.131. The Kier molecular flexibility index (Phi) is 12.2. The van der Waals surface area contributed by atoms with E-state index in [1.165, 1.54) is 6.21 Å². The molecule has 2 aliphatic heterocycles. The molecule has 0 aromatic heterocycles. The zero-order valence-corrected chi connectivity index (χ0v) is 33.0. The molecule has 0 bridgehead atoms. The van der Waals surface area contributed by atoms with Crippen LogP contribution in [-0.4, -0.2) is 74.2 Å². The fraction of sp³-hybridized carbons (Fsp3) is 0.459. The molecule has 0 saturated carbocycles. The van der Waals surface area contributed by atoms with Crippen LogP contribution in [0.15, 0.2) is 96.1 Å². The summed E-state index contributed by atoms with van der Waals surface area (Å²) in [5, 5.41) is 5.97. The van der Waals surface area contributed by atoms with E-state index >= 15 is 0 Å². The minimum atomic E-state index is -2.98. The van der Waals surface area contributed by atoms with Crippen molar-refractivity contribution in [3.8, 4) is 0 Å². The Hall–Kier alpha value is -2.61. The monoisotopic (exact) mass is 754 g/mol. The van der Waals surface area contributed by atoms with Gasteiger partial charge in [0, 0.05) is 0 Å². The Morgan fingerprint density at radius 3 is 1.79 bits per heavy atom. The van der Waals surface area contributed by atoms with Crippen molar-refractivity contribution in [3.05, 3.63) is 91.0 Å². The number of hydrogen-bond donors (Lipinski definition) is 0. The SMILES string of the molecule is CC(C)[Si]1(C(C)C)OC[C@H]2O[C@@H]([Se]c3ccccc3)[C@H](OC(=O)/C=N/N(c3ccccc3)c3ccccc3)[C@@H]2O[Si](C(C)C)(C(C)C)O1. The van der Waals surface area contributed by atoms with E-state index in [9.17, 15) is 4.79 Å². The number of rotatable bonds is 11. The van der Waals surface area contributed by atoms with E-state index in [4.69, 9.17) is 22.4 Å². The third kappa shape index (κ3) is 7.89. The van der Waals surface area contributed by atoms with Gasteiger partial charge in [-0.2, -0.15) is 0 Å². The Morgan fingerprint density at radius 1 is 0.792 bits per heavy atom. The topological polar surface area (TPSA) is 78.8 Å². The molecular formula is C37H50N2O6SeSi2. The van der Waals surface area contributed by atoms with Crippen molar-refractivity contribution >= 4 is 60.1 Å². The second kappa shape index (κ2) is 16.0. The first-order chi connectivity index (χ1) is 23.0. The number of para-hydroxylation sites is 2. The molecule has 2 heterocycles. The molecule has 2 saturated heterocycles. The van der Waals surface area contributed by atoms with Crippen LogP contribution in [-0.2, 0) is 27.2 Å². The normalized spacial score (nSPS) is 23.8. The van der Waals surface area contributed by atoms with E-state index in [0.717, 1.165) is 15.8 Å². The van der Waals surface area contributed by atoms with Gasteiger partial charge in [0.2, 0.25) is 0 Å². The van der Waals surface area contributed by atoms with E-state index in [-0.39, 0.29) is 42.1 Å². The second-order valence-electron chi connectivity index (χ2n) is 13.7. The van der Waals surface area contributed by atoms with Gasteiger partial charge in [0.05, 0.1) is 0 Å². The molecule has 0 radical (unpaired) electrons. The van der Waals surface area contributed by atoms with Gasteiger partial charge >= 0.3 is 296 Å². The summed E-state index contributed by atoms with van der Waals surface area (Å²) in [5.41, 5.74) is 2.35. The number of benzene rings is 3. The molecule has 4 atom stereocenters. The van der Waals surface area contributed by atoms with Crippen LogP contribution in [0.2, 0.25) is 22.2 Å². The van der Waals surface area contributed by atoms with Crippen LogP contribution in [0.25, 0.3) is 0 Å². The summed E-state index contributed by atoms with van der Waals surface area (Å²) in [6, 6.07) is 29.7. The molecule has 0 aliphatic carbocycles. The van der Waals surface area contributed by atoms with Crippen molar-refractivity contribution in [2.45, 2.75) is 101 Å². The molecule has 8 nitrogen and oxygen atoms in total. The van der Waals surface area contributed by atoms with E-state index in [1.54, 1.807) is 5.01 Å². The van der Waals surface area contributed by atoms with Gasteiger partial charge in [0.15, 0.2) is 0 Å². The number of carbonyl (C=O) groups is 1. The quantitative estimate of drug-likeness (QED) is 0.0873. The number of hydrazone groups is 1. The van der Waals surface area contributed by atoms with Gasteiger partial charge < -0.3 is 0 Å². The van der Waals surface area contributed by atoms with Gasteiger partial charge in [-0.3, -0.25) is 0 Å². The summed E-state index contributed by atoms with van der Waals surface area (Å²) >= 11 is -0.167. The number of fused-ring (bicyclic) bond motifs is 1. The predicted octanol–water partition coefficient (Wildman–Crippen LogP) is 7.43. The Morgan fingerprint density at radius 2 is 1.29 bits per heavy atom. The molecule has 0 spiro atoms. The van der Waals surface area contributed by atoms with Crippen LogP contribution in [0.5, 0.6) is 0 Å². The van der Waals surface area contributed by atoms with Crippen molar-refractivity contribution in [3.63, 3.8) is 0 Å². The number of ether oxygens (including phenoxy) is 2. The molecular weight excluding hydrogens is 704 g/mol. The molecule has 2 fully saturated rings. The molecule has 2 aliphatic rings. The van der Waals surface area contributed by atoms with E-state index in [1.807, 2.05) is 78.9 Å². The predicted molar refractivity (Wildman–Crippen MR) is 198 cm³/mol. The number of nitrogens with zero attached hydrogens (tertiary/aromatic N) is 2. The van der Waals surface area contributed by atoms with Crippen molar-refractivity contribution in [1.29, 1.82) is 0 Å². The summed E-state index contributed by atoms with van der Waals surface area (Å²) in [5.74, 6) is -0.558. The average molecular weight is 754 g/mol. The van der Waals surface area contributed by atoms with Gasteiger partial charge in [-0.25, -0.2) is 0 Å². The van der Waals surface area contributed by atoms with Crippen LogP contribution in [0.3, 0.4) is 0 Å². The summed E-state index contributed by atoms with van der Waals surface area (Å²) in [6.07, 6.45) is -0.362. The van der Waals surface area contributed by atoms with Crippen molar-refractivity contribution in [2.75, 3.05) is 11.6 Å². The summed E-state index contributed by atoms with van der Waals surface area (Å²) in [7, 11) is -5.73. The van der Waals surface area contributed by atoms with Crippen LogP contribution >= 0.6 is 0 Å². The number of anilines is 2. The molecule has 0 amide bonds. The molecule has 3 aromatic rings. The molecule has 3 aromatic carbocycles. The van der Waals surface area contributed by atoms with Crippen molar-refractivity contribution in [2.24, 2.45) is 5.10 Å². The van der Waals surface area contributed by atoms with Crippen molar-refractivity contribution in [1.82, 2.24) is 0 Å². The van der Waals surface area contributed by atoms with Gasteiger partial charge in [-0.1, -0.05) is 0 Å². The first kappa shape index (κ1) is 36.7. The number of carbonyl (C=O) groups excluding carboxylic acids is 1. The van der Waals surface area contributed by atoms with Crippen LogP contribution in [0.1, 0.15) is 55.4 Å². The number of esters is 1.